The fourth-order valence-corrected chi connectivity index (χ4v) is 0.608. The van der Waals surface area contributed by atoms with Crippen LogP contribution in [0.25, 0.3) is 0 Å². The molecule has 50 valence electrons. The second kappa shape index (κ2) is 3.84. The fourth-order valence-electron chi connectivity index (χ4n) is 0.608. The smallest absolute Gasteiger partial charge is 0.113 e. The van der Waals surface area contributed by atoms with Crippen LogP contribution < -0.4 is 5.73 Å². The molecule has 0 rings (SSSR count). The van der Waals surface area contributed by atoms with Crippen LogP contribution in [0.2, 0.25) is 0 Å². The standard InChI is InChI=1S/C6H14FN/c1-5(2)3-6(7)4-8/h5-6H,3-4,8H2,1-2H3/t6-/m0/s1. The van der Waals surface area contributed by atoms with Crippen molar-refractivity contribution in [2.24, 2.45) is 11.7 Å². The molecular weight excluding hydrogens is 105 g/mol. The van der Waals surface area contributed by atoms with Gasteiger partial charge in [-0.05, 0) is 12.3 Å². The molecule has 2 heteroatoms. The molecule has 0 saturated heterocycles. The molecule has 0 aromatic carbocycles. The van der Waals surface area contributed by atoms with Crippen molar-refractivity contribution in [2.75, 3.05) is 6.54 Å². The van der Waals surface area contributed by atoms with Gasteiger partial charge in [0.05, 0.1) is 0 Å². The van der Waals surface area contributed by atoms with E-state index in [1.807, 2.05) is 13.8 Å². The average molecular weight is 119 g/mol. The monoisotopic (exact) mass is 119 g/mol. The maximum absolute atomic E-state index is 12.3. The Kier molecular flexibility index (Phi) is 3.79. The largest absolute Gasteiger partial charge is 0.328 e. The number of alkyl halides is 1. The Labute approximate surface area is 50.1 Å². The summed E-state index contributed by atoms with van der Waals surface area (Å²) in [5.74, 6) is 0.425. The molecular formula is C6H14FN. The Morgan fingerprint density at radius 3 is 2.12 bits per heavy atom. The number of nitrogens with two attached hydrogens (primary N) is 1. The highest BCUT2D eigenvalue weighted by Gasteiger charge is 2.04. The Hall–Kier alpha value is -0.110. The first-order valence-electron chi connectivity index (χ1n) is 3.01. The quantitative estimate of drug-likeness (QED) is 0.596. The van der Waals surface area contributed by atoms with Gasteiger partial charge in [0.15, 0.2) is 0 Å². The minimum atomic E-state index is -0.796. The molecule has 0 heterocycles. The van der Waals surface area contributed by atoms with Crippen LogP contribution in [-0.4, -0.2) is 12.7 Å². The summed E-state index contributed by atoms with van der Waals surface area (Å²) >= 11 is 0. The summed E-state index contributed by atoms with van der Waals surface area (Å²) in [6.45, 7) is 4.14. The normalized spacial score (nSPS) is 14.6. The predicted molar refractivity (Wildman–Crippen MR) is 33.4 cm³/mol. The average Bonchev–Trinajstić information content (AvgIpc) is 1.65. The van der Waals surface area contributed by atoms with E-state index >= 15 is 0 Å². The van der Waals surface area contributed by atoms with Crippen LogP contribution >= 0.6 is 0 Å². The van der Waals surface area contributed by atoms with Gasteiger partial charge >= 0.3 is 0 Å². The molecule has 0 aliphatic rings. The van der Waals surface area contributed by atoms with E-state index in [9.17, 15) is 4.39 Å². The van der Waals surface area contributed by atoms with Gasteiger partial charge in [0.2, 0.25) is 0 Å². The summed E-state index contributed by atoms with van der Waals surface area (Å²) in [5, 5.41) is 0. The zero-order chi connectivity index (χ0) is 6.57. The van der Waals surface area contributed by atoms with Crippen molar-refractivity contribution >= 4 is 0 Å². The zero-order valence-electron chi connectivity index (χ0n) is 5.52. The van der Waals surface area contributed by atoms with Gasteiger partial charge < -0.3 is 5.73 Å². The van der Waals surface area contributed by atoms with E-state index in [0.717, 1.165) is 0 Å². The molecule has 0 fully saturated rings. The summed E-state index contributed by atoms with van der Waals surface area (Å²) in [6.07, 6.45) is -0.203. The molecule has 0 aromatic heterocycles. The maximum atomic E-state index is 12.3. The molecule has 0 spiro atoms. The minimum absolute atomic E-state index is 0.165. The molecule has 0 radical (unpaired) electrons. The van der Waals surface area contributed by atoms with Crippen LogP contribution in [0.5, 0.6) is 0 Å². The van der Waals surface area contributed by atoms with Crippen LogP contribution in [0.4, 0.5) is 4.39 Å². The number of halogens is 1. The highest BCUT2D eigenvalue weighted by molar-refractivity contribution is 4.57. The zero-order valence-corrected chi connectivity index (χ0v) is 5.52. The first-order chi connectivity index (χ1) is 3.66. The predicted octanol–water partition coefficient (Wildman–Crippen LogP) is 1.33. The van der Waals surface area contributed by atoms with Gasteiger partial charge in [-0.15, -0.1) is 0 Å². The molecule has 0 unspecified atom stereocenters. The third-order valence-corrected chi connectivity index (χ3v) is 0.983. The molecule has 0 aromatic rings. The highest BCUT2D eigenvalue weighted by atomic mass is 19.1. The van der Waals surface area contributed by atoms with E-state index in [0.29, 0.717) is 12.3 Å². The second-order valence-corrected chi connectivity index (χ2v) is 2.46. The number of hydrogen-bond donors (Lipinski definition) is 1. The van der Waals surface area contributed by atoms with E-state index in [1.165, 1.54) is 0 Å². The lowest BCUT2D eigenvalue weighted by molar-refractivity contribution is 0.290. The molecule has 1 atom stereocenters. The van der Waals surface area contributed by atoms with E-state index in [1.54, 1.807) is 0 Å². The lowest BCUT2D eigenvalue weighted by Gasteiger charge is -2.06. The highest BCUT2D eigenvalue weighted by Crippen LogP contribution is 2.05. The van der Waals surface area contributed by atoms with Gasteiger partial charge in [0, 0.05) is 6.54 Å². The van der Waals surface area contributed by atoms with Gasteiger partial charge in [-0.2, -0.15) is 0 Å². The lowest BCUT2D eigenvalue weighted by Crippen LogP contribution is -2.16. The van der Waals surface area contributed by atoms with E-state index in [-0.39, 0.29) is 6.54 Å². The van der Waals surface area contributed by atoms with Gasteiger partial charge in [0.25, 0.3) is 0 Å². The summed E-state index contributed by atoms with van der Waals surface area (Å²) in [6, 6.07) is 0. The molecule has 1 nitrogen and oxygen atoms in total. The molecule has 0 aliphatic heterocycles. The molecule has 0 bridgehead atoms. The van der Waals surface area contributed by atoms with E-state index in [4.69, 9.17) is 5.73 Å². The summed E-state index contributed by atoms with van der Waals surface area (Å²) in [5.41, 5.74) is 5.05. The van der Waals surface area contributed by atoms with Crippen molar-refractivity contribution in [2.45, 2.75) is 26.4 Å². The van der Waals surface area contributed by atoms with Crippen molar-refractivity contribution in [1.82, 2.24) is 0 Å². The summed E-state index contributed by atoms with van der Waals surface area (Å²) in [7, 11) is 0. The van der Waals surface area contributed by atoms with Gasteiger partial charge in [-0.25, -0.2) is 4.39 Å². The molecule has 0 amide bonds. The molecule has 0 saturated carbocycles. The van der Waals surface area contributed by atoms with Crippen LogP contribution in [0, 0.1) is 5.92 Å². The third-order valence-electron chi connectivity index (χ3n) is 0.983. The Morgan fingerprint density at radius 2 is 2.00 bits per heavy atom. The first-order valence-corrected chi connectivity index (χ1v) is 3.01. The SMILES string of the molecule is CC(C)C[C@H](F)CN. The Bertz CT molecular complexity index is 54.5. The van der Waals surface area contributed by atoms with E-state index < -0.39 is 6.17 Å². The van der Waals surface area contributed by atoms with Crippen molar-refractivity contribution in [3.05, 3.63) is 0 Å². The van der Waals surface area contributed by atoms with Gasteiger partial charge in [-0.3, -0.25) is 0 Å². The minimum Gasteiger partial charge on any atom is -0.328 e. The van der Waals surface area contributed by atoms with Gasteiger partial charge in [0.1, 0.15) is 6.17 Å². The number of rotatable bonds is 3. The van der Waals surface area contributed by atoms with Crippen molar-refractivity contribution in [3.8, 4) is 0 Å². The van der Waals surface area contributed by atoms with Crippen molar-refractivity contribution < 1.29 is 4.39 Å². The molecule has 2 N–H and O–H groups in total. The number of hydrogen-bond acceptors (Lipinski definition) is 1. The summed E-state index contributed by atoms with van der Waals surface area (Å²) < 4.78 is 12.3. The Morgan fingerprint density at radius 1 is 1.50 bits per heavy atom. The first kappa shape index (κ1) is 7.89. The van der Waals surface area contributed by atoms with Crippen LogP contribution in [0.15, 0.2) is 0 Å². The van der Waals surface area contributed by atoms with Crippen LogP contribution in [0.3, 0.4) is 0 Å². The van der Waals surface area contributed by atoms with Crippen molar-refractivity contribution in [3.63, 3.8) is 0 Å². The Balaban J connectivity index is 3.10. The summed E-state index contributed by atoms with van der Waals surface area (Å²) in [4.78, 5) is 0. The molecule has 8 heavy (non-hydrogen) atoms. The fraction of sp³-hybridized carbons (Fsp3) is 1.00. The maximum Gasteiger partial charge on any atom is 0.113 e. The molecule has 0 aliphatic carbocycles. The van der Waals surface area contributed by atoms with E-state index in [2.05, 4.69) is 0 Å². The third kappa shape index (κ3) is 4.06. The van der Waals surface area contributed by atoms with Crippen LogP contribution in [-0.2, 0) is 0 Å². The second-order valence-electron chi connectivity index (χ2n) is 2.46. The van der Waals surface area contributed by atoms with Crippen LogP contribution in [0.1, 0.15) is 20.3 Å². The van der Waals surface area contributed by atoms with Gasteiger partial charge in [-0.1, -0.05) is 13.8 Å². The van der Waals surface area contributed by atoms with Crippen molar-refractivity contribution in [1.29, 1.82) is 0 Å². The topological polar surface area (TPSA) is 26.0 Å². The lowest BCUT2D eigenvalue weighted by atomic mass is 10.1.